The van der Waals surface area contributed by atoms with Crippen LogP contribution in [-0.4, -0.2) is 52.9 Å². The van der Waals surface area contributed by atoms with Crippen molar-refractivity contribution in [3.63, 3.8) is 0 Å². The molecule has 2 aromatic rings. The van der Waals surface area contributed by atoms with Crippen molar-refractivity contribution in [2.45, 2.75) is 25.4 Å². The first-order valence-electron chi connectivity index (χ1n) is 10.3. The molecule has 1 atom stereocenters. The van der Waals surface area contributed by atoms with Crippen molar-refractivity contribution in [1.82, 2.24) is 5.32 Å². The van der Waals surface area contributed by atoms with Gasteiger partial charge in [-0.15, -0.1) is 0 Å². The number of hydrogen-bond donors (Lipinski definition) is 1. The SMILES string of the molecule is CS(=O)(=O)N1C[C@H](C(=O)NCCCN2CCCc3ccccc32)Oc2ccccc21. The van der Waals surface area contributed by atoms with Gasteiger partial charge in [0, 0.05) is 25.3 Å². The molecule has 0 saturated heterocycles. The smallest absolute Gasteiger partial charge is 0.263 e. The number of carbonyl (C=O) groups excluding carboxylic acids is 1. The van der Waals surface area contributed by atoms with Gasteiger partial charge < -0.3 is 15.0 Å². The lowest BCUT2D eigenvalue weighted by atomic mass is 10.0. The molecule has 0 aromatic heterocycles. The van der Waals surface area contributed by atoms with E-state index in [0.29, 0.717) is 18.0 Å². The summed E-state index contributed by atoms with van der Waals surface area (Å²) in [6.45, 7) is 2.37. The summed E-state index contributed by atoms with van der Waals surface area (Å²) in [6.07, 6.45) is 3.32. The molecular formula is C22H27N3O4S. The number of amides is 1. The van der Waals surface area contributed by atoms with Gasteiger partial charge >= 0.3 is 0 Å². The lowest BCUT2D eigenvalue weighted by Gasteiger charge is -2.34. The van der Waals surface area contributed by atoms with Crippen LogP contribution in [0.3, 0.4) is 0 Å². The van der Waals surface area contributed by atoms with Gasteiger partial charge in [0.1, 0.15) is 5.75 Å². The Hall–Kier alpha value is -2.74. The van der Waals surface area contributed by atoms with E-state index in [2.05, 4.69) is 34.5 Å². The monoisotopic (exact) mass is 429 g/mol. The first-order chi connectivity index (χ1) is 14.4. The predicted molar refractivity (Wildman–Crippen MR) is 118 cm³/mol. The minimum absolute atomic E-state index is 0.0266. The second-order valence-electron chi connectivity index (χ2n) is 7.73. The molecule has 0 aliphatic carbocycles. The van der Waals surface area contributed by atoms with Crippen molar-refractivity contribution < 1.29 is 17.9 Å². The molecule has 2 aromatic carbocycles. The molecule has 0 fully saturated rings. The minimum Gasteiger partial charge on any atom is -0.476 e. The number of aryl methyl sites for hydroxylation is 1. The summed E-state index contributed by atoms with van der Waals surface area (Å²) in [4.78, 5) is 15.0. The van der Waals surface area contributed by atoms with E-state index in [1.54, 1.807) is 24.3 Å². The number of rotatable bonds is 6. The maximum absolute atomic E-state index is 12.7. The highest BCUT2D eigenvalue weighted by molar-refractivity contribution is 7.92. The Bertz CT molecular complexity index is 1020. The summed E-state index contributed by atoms with van der Waals surface area (Å²) in [5.41, 5.74) is 3.13. The van der Waals surface area contributed by atoms with Crippen molar-refractivity contribution in [3.05, 3.63) is 54.1 Å². The van der Waals surface area contributed by atoms with Crippen LogP contribution >= 0.6 is 0 Å². The van der Waals surface area contributed by atoms with Crippen molar-refractivity contribution in [2.75, 3.05) is 41.6 Å². The molecule has 0 spiro atoms. The number of benzene rings is 2. The Balaban J connectivity index is 1.33. The van der Waals surface area contributed by atoms with E-state index < -0.39 is 16.1 Å². The van der Waals surface area contributed by atoms with E-state index in [0.717, 1.165) is 38.6 Å². The molecular weight excluding hydrogens is 402 g/mol. The van der Waals surface area contributed by atoms with Crippen LogP contribution in [0.2, 0.25) is 0 Å². The summed E-state index contributed by atoms with van der Waals surface area (Å²) in [5.74, 6) is 0.108. The fourth-order valence-corrected chi connectivity index (χ4v) is 5.01. The molecule has 0 radical (unpaired) electrons. The van der Waals surface area contributed by atoms with Crippen molar-refractivity contribution >= 4 is 27.3 Å². The summed E-state index contributed by atoms with van der Waals surface area (Å²) >= 11 is 0. The van der Waals surface area contributed by atoms with E-state index in [1.165, 1.54) is 15.6 Å². The number of hydrogen-bond acceptors (Lipinski definition) is 5. The van der Waals surface area contributed by atoms with Crippen molar-refractivity contribution in [1.29, 1.82) is 0 Å². The third-order valence-corrected chi connectivity index (χ3v) is 6.68. The number of ether oxygens (including phenoxy) is 1. The van der Waals surface area contributed by atoms with Gasteiger partial charge in [0.15, 0.2) is 6.10 Å². The first-order valence-corrected chi connectivity index (χ1v) is 12.1. The Labute approximate surface area is 177 Å². The van der Waals surface area contributed by atoms with E-state index >= 15 is 0 Å². The van der Waals surface area contributed by atoms with Crippen LogP contribution in [0, 0.1) is 0 Å². The topological polar surface area (TPSA) is 79.0 Å². The van der Waals surface area contributed by atoms with Crippen molar-refractivity contribution in [3.8, 4) is 5.75 Å². The standard InChI is InChI=1S/C22H27N3O4S/c1-30(27,28)25-16-21(29-20-12-5-4-11-19(20)25)22(26)23-13-7-15-24-14-6-9-17-8-2-3-10-18(17)24/h2-5,8,10-12,21H,6-7,9,13-16H2,1H3,(H,23,26)/t21-/m1/s1. The highest BCUT2D eigenvalue weighted by Gasteiger charge is 2.34. The third-order valence-electron chi connectivity index (χ3n) is 5.54. The summed E-state index contributed by atoms with van der Waals surface area (Å²) in [6, 6.07) is 15.3. The van der Waals surface area contributed by atoms with Gasteiger partial charge in [-0.05, 0) is 43.0 Å². The predicted octanol–water partition coefficient (Wildman–Crippen LogP) is 2.17. The highest BCUT2D eigenvalue weighted by Crippen LogP contribution is 2.34. The summed E-state index contributed by atoms with van der Waals surface area (Å²) in [7, 11) is -3.51. The second kappa shape index (κ2) is 8.55. The van der Waals surface area contributed by atoms with Crippen molar-refractivity contribution in [2.24, 2.45) is 0 Å². The quantitative estimate of drug-likeness (QED) is 0.712. The number of carbonyl (C=O) groups is 1. The van der Waals surface area contributed by atoms with E-state index in [9.17, 15) is 13.2 Å². The van der Waals surface area contributed by atoms with Crippen LogP contribution in [-0.2, 0) is 21.2 Å². The number of anilines is 2. The van der Waals surface area contributed by atoms with E-state index in [1.807, 2.05) is 0 Å². The second-order valence-corrected chi connectivity index (χ2v) is 9.64. The molecule has 0 bridgehead atoms. The van der Waals surface area contributed by atoms with Crippen LogP contribution in [0.5, 0.6) is 5.75 Å². The number of para-hydroxylation sites is 3. The third kappa shape index (κ3) is 4.38. The summed E-state index contributed by atoms with van der Waals surface area (Å²) in [5, 5.41) is 2.91. The maximum Gasteiger partial charge on any atom is 0.263 e. The van der Waals surface area contributed by atoms with Crippen LogP contribution in [0.25, 0.3) is 0 Å². The average Bonchev–Trinajstić information content (AvgIpc) is 2.75. The number of fused-ring (bicyclic) bond motifs is 2. The molecule has 1 N–H and O–H groups in total. The highest BCUT2D eigenvalue weighted by atomic mass is 32.2. The Morgan fingerprint density at radius 2 is 1.87 bits per heavy atom. The Morgan fingerprint density at radius 1 is 1.13 bits per heavy atom. The van der Waals surface area contributed by atoms with E-state index in [-0.39, 0.29) is 12.5 Å². The average molecular weight is 430 g/mol. The number of sulfonamides is 1. The molecule has 2 heterocycles. The van der Waals surface area contributed by atoms with Gasteiger partial charge in [-0.2, -0.15) is 0 Å². The zero-order valence-corrected chi connectivity index (χ0v) is 17.9. The zero-order chi connectivity index (χ0) is 21.1. The van der Waals surface area contributed by atoms with Gasteiger partial charge in [0.25, 0.3) is 5.91 Å². The molecule has 4 rings (SSSR count). The van der Waals surface area contributed by atoms with Gasteiger partial charge in [0.2, 0.25) is 10.0 Å². The molecule has 8 heteroatoms. The van der Waals surface area contributed by atoms with E-state index in [4.69, 9.17) is 4.74 Å². The van der Waals surface area contributed by atoms with Crippen LogP contribution in [0.1, 0.15) is 18.4 Å². The Morgan fingerprint density at radius 3 is 2.67 bits per heavy atom. The Kier molecular flexibility index (Phi) is 5.85. The van der Waals surface area contributed by atoms with Gasteiger partial charge in [-0.25, -0.2) is 8.42 Å². The largest absolute Gasteiger partial charge is 0.476 e. The molecule has 0 unspecified atom stereocenters. The molecule has 1 amide bonds. The van der Waals surface area contributed by atoms with Gasteiger partial charge in [-0.1, -0.05) is 30.3 Å². The molecule has 7 nitrogen and oxygen atoms in total. The maximum atomic E-state index is 12.7. The summed E-state index contributed by atoms with van der Waals surface area (Å²) < 4.78 is 31.4. The molecule has 0 saturated carbocycles. The number of nitrogens with one attached hydrogen (secondary N) is 1. The normalized spacial score (nSPS) is 18.2. The lowest BCUT2D eigenvalue weighted by molar-refractivity contribution is -0.127. The molecule has 30 heavy (non-hydrogen) atoms. The van der Waals surface area contributed by atoms with Crippen LogP contribution in [0.4, 0.5) is 11.4 Å². The molecule has 2 aliphatic rings. The fourth-order valence-electron chi connectivity index (χ4n) is 4.09. The zero-order valence-electron chi connectivity index (χ0n) is 17.1. The minimum atomic E-state index is -3.51. The van der Waals surface area contributed by atoms with Crippen LogP contribution in [0.15, 0.2) is 48.5 Å². The van der Waals surface area contributed by atoms with Crippen LogP contribution < -0.4 is 19.3 Å². The first kappa shape index (κ1) is 20.5. The van der Waals surface area contributed by atoms with Gasteiger partial charge in [0.05, 0.1) is 18.5 Å². The molecule has 160 valence electrons. The fraction of sp³-hybridized carbons (Fsp3) is 0.409. The van der Waals surface area contributed by atoms with Gasteiger partial charge in [-0.3, -0.25) is 9.10 Å². The molecule has 2 aliphatic heterocycles. The lowest BCUT2D eigenvalue weighted by Crippen LogP contribution is -2.50. The number of nitrogens with zero attached hydrogens (tertiary/aromatic N) is 2.